The predicted molar refractivity (Wildman–Crippen MR) is 83.8 cm³/mol. The number of fused-ring (bicyclic) bond motifs is 1. The van der Waals surface area contributed by atoms with Gasteiger partial charge in [0.25, 0.3) is 0 Å². The number of rotatable bonds is 4. The Bertz CT molecular complexity index is 567. The Balaban J connectivity index is 1.72. The van der Waals surface area contributed by atoms with E-state index < -0.39 is 0 Å². The molecule has 0 unspecified atom stereocenters. The van der Waals surface area contributed by atoms with E-state index in [2.05, 4.69) is 28.0 Å². The van der Waals surface area contributed by atoms with E-state index in [4.69, 9.17) is 5.73 Å². The zero-order chi connectivity index (χ0) is 13.9. The maximum absolute atomic E-state index is 5.83. The number of H-pyrrole nitrogens is 1. The molecule has 0 aliphatic carbocycles. The van der Waals surface area contributed by atoms with Gasteiger partial charge in [-0.2, -0.15) is 0 Å². The molecule has 0 radical (unpaired) electrons. The van der Waals surface area contributed by atoms with Crippen molar-refractivity contribution in [3.63, 3.8) is 0 Å². The van der Waals surface area contributed by atoms with Gasteiger partial charge in [-0.05, 0) is 62.5 Å². The topological polar surface area (TPSA) is 57.9 Å². The first-order valence-corrected chi connectivity index (χ1v) is 7.73. The third-order valence-corrected chi connectivity index (χ3v) is 4.43. The molecule has 0 spiro atoms. The summed E-state index contributed by atoms with van der Waals surface area (Å²) in [5.41, 5.74) is 9.34. The summed E-state index contributed by atoms with van der Waals surface area (Å²) in [6.45, 7) is 5.93. The predicted octanol–water partition coefficient (Wildman–Crippen LogP) is 3.12. The lowest BCUT2D eigenvalue weighted by Crippen LogP contribution is -2.33. The van der Waals surface area contributed by atoms with Crippen LogP contribution >= 0.6 is 0 Å². The Morgan fingerprint density at radius 2 is 2.15 bits per heavy atom. The standard InChI is InChI=1S/C16H24N4/c1-2-3-8-20-9-6-12(7-10-20)13-11-18-14-4-5-15(17)19-16(13)14/h4-5,11-12,18H,2-3,6-10H2,1H3,(H2,17,19). The van der Waals surface area contributed by atoms with Crippen molar-refractivity contribution in [1.82, 2.24) is 14.9 Å². The minimum Gasteiger partial charge on any atom is -0.384 e. The van der Waals surface area contributed by atoms with Crippen LogP contribution in [0.3, 0.4) is 0 Å². The second-order valence-corrected chi connectivity index (χ2v) is 5.85. The molecule has 2 aromatic heterocycles. The number of anilines is 1. The number of likely N-dealkylation sites (tertiary alicyclic amines) is 1. The molecular weight excluding hydrogens is 248 g/mol. The maximum Gasteiger partial charge on any atom is 0.124 e. The van der Waals surface area contributed by atoms with E-state index in [1.54, 1.807) is 0 Å². The summed E-state index contributed by atoms with van der Waals surface area (Å²) in [7, 11) is 0. The molecule has 4 heteroatoms. The molecule has 3 N–H and O–H groups in total. The van der Waals surface area contributed by atoms with Crippen LogP contribution in [0.2, 0.25) is 0 Å². The van der Waals surface area contributed by atoms with Crippen molar-refractivity contribution in [3.05, 3.63) is 23.9 Å². The highest BCUT2D eigenvalue weighted by molar-refractivity contribution is 5.81. The highest BCUT2D eigenvalue weighted by Crippen LogP contribution is 2.32. The molecule has 1 fully saturated rings. The molecule has 1 aliphatic rings. The fraction of sp³-hybridized carbons (Fsp3) is 0.562. The maximum atomic E-state index is 5.83. The summed E-state index contributed by atoms with van der Waals surface area (Å²) in [5.74, 6) is 1.23. The SMILES string of the molecule is CCCCN1CCC(c2c[nH]c3ccc(N)nc23)CC1. The molecule has 108 valence electrons. The summed E-state index contributed by atoms with van der Waals surface area (Å²) >= 11 is 0. The highest BCUT2D eigenvalue weighted by atomic mass is 15.1. The van der Waals surface area contributed by atoms with Crippen molar-refractivity contribution < 1.29 is 0 Å². The number of nitrogens with two attached hydrogens (primary N) is 1. The lowest BCUT2D eigenvalue weighted by atomic mass is 9.90. The van der Waals surface area contributed by atoms with Crippen molar-refractivity contribution in [1.29, 1.82) is 0 Å². The van der Waals surface area contributed by atoms with Crippen LogP contribution in [-0.2, 0) is 0 Å². The first-order chi connectivity index (χ1) is 9.78. The molecule has 0 atom stereocenters. The van der Waals surface area contributed by atoms with Crippen LogP contribution in [0.5, 0.6) is 0 Å². The highest BCUT2D eigenvalue weighted by Gasteiger charge is 2.23. The van der Waals surface area contributed by atoms with Gasteiger partial charge in [0.05, 0.1) is 11.0 Å². The number of unbranched alkanes of at least 4 members (excludes halogenated alkanes) is 1. The average Bonchev–Trinajstić information content (AvgIpc) is 2.88. The van der Waals surface area contributed by atoms with E-state index in [0.717, 1.165) is 11.0 Å². The fourth-order valence-electron chi connectivity index (χ4n) is 3.20. The van der Waals surface area contributed by atoms with Gasteiger partial charge in [0.2, 0.25) is 0 Å². The number of hydrogen-bond donors (Lipinski definition) is 2. The van der Waals surface area contributed by atoms with Gasteiger partial charge in [-0.1, -0.05) is 13.3 Å². The molecule has 2 aromatic rings. The van der Waals surface area contributed by atoms with Crippen molar-refractivity contribution in [2.24, 2.45) is 0 Å². The molecule has 1 saturated heterocycles. The van der Waals surface area contributed by atoms with Crippen molar-refractivity contribution in [3.8, 4) is 0 Å². The van der Waals surface area contributed by atoms with Crippen molar-refractivity contribution >= 4 is 16.9 Å². The van der Waals surface area contributed by atoms with Gasteiger partial charge in [0.15, 0.2) is 0 Å². The summed E-state index contributed by atoms with van der Waals surface area (Å²) in [5, 5.41) is 0. The third-order valence-electron chi connectivity index (χ3n) is 4.43. The summed E-state index contributed by atoms with van der Waals surface area (Å²) in [4.78, 5) is 10.4. The van der Waals surface area contributed by atoms with Gasteiger partial charge >= 0.3 is 0 Å². The lowest BCUT2D eigenvalue weighted by molar-refractivity contribution is 0.210. The molecule has 0 amide bonds. The third kappa shape index (κ3) is 2.66. The van der Waals surface area contributed by atoms with Gasteiger partial charge < -0.3 is 15.6 Å². The molecule has 0 saturated carbocycles. The largest absolute Gasteiger partial charge is 0.384 e. The van der Waals surface area contributed by atoms with E-state index in [1.807, 2.05) is 12.1 Å². The Labute approximate surface area is 120 Å². The second-order valence-electron chi connectivity index (χ2n) is 5.85. The minimum absolute atomic E-state index is 0.610. The zero-order valence-electron chi connectivity index (χ0n) is 12.2. The lowest BCUT2D eigenvalue weighted by Gasteiger charge is -2.31. The van der Waals surface area contributed by atoms with Gasteiger partial charge in [0, 0.05) is 6.20 Å². The molecule has 0 aromatic carbocycles. The van der Waals surface area contributed by atoms with E-state index in [9.17, 15) is 0 Å². The summed E-state index contributed by atoms with van der Waals surface area (Å²) in [6, 6.07) is 3.88. The second kappa shape index (κ2) is 5.83. The first kappa shape index (κ1) is 13.4. The van der Waals surface area contributed by atoms with E-state index in [1.165, 1.54) is 50.9 Å². The fourth-order valence-corrected chi connectivity index (χ4v) is 3.20. The van der Waals surface area contributed by atoms with Crippen molar-refractivity contribution in [2.45, 2.75) is 38.5 Å². The van der Waals surface area contributed by atoms with Crippen LogP contribution in [0.25, 0.3) is 11.0 Å². The van der Waals surface area contributed by atoms with E-state index in [-0.39, 0.29) is 0 Å². The average molecular weight is 272 g/mol. The summed E-state index contributed by atoms with van der Waals surface area (Å²) < 4.78 is 0. The number of hydrogen-bond acceptors (Lipinski definition) is 3. The molecule has 20 heavy (non-hydrogen) atoms. The van der Waals surface area contributed by atoms with E-state index >= 15 is 0 Å². The number of piperidine rings is 1. The van der Waals surface area contributed by atoms with Gasteiger partial charge in [-0.25, -0.2) is 4.98 Å². The Hall–Kier alpha value is -1.55. The smallest absolute Gasteiger partial charge is 0.124 e. The molecule has 3 heterocycles. The minimum atomic E-state index is 0.610. The number of nitrogen functional groups attached to an aromatic ring is 1. The molecule has 0 bridgehead atoms. The Morgan fingerprint density at radius 1 is 1.35 bits per heavy atom. The molecular formula is C16H24N4. The van der Waals surface area contributed by atoms with E-state index in [0.29, 0.717) is 11.7 Å². The van der Waals surface area contributed by atoms with Crippen LogP contribution in [-0.4, -0.2) is 34.5 Å². The van der Waals surface area contributed by atoms with Crippen LogP contribution in [0, 0.1) is 0 Å². The molecule has 4 nitrogen and oxygen atoms in total. The van der Waals surface area contributed by atoms with Crippen LogP contribution in [0.4, 0.5) is 5.82 Å². The van der Waals surface area contributed by atoms with Crippen LogP contribution < -0.4 is 5.73 Å². The monoisotopic (exact) mass is 272 g/mol. The van der Waals surface area contributed by atoms with Crippen LogP contribution in [0.15, 0.2) is 18.3 Å². The normalized spacial score (nSPS) is 17.9. The van der Waals surface area contributed by atoms with Crippen LogP contribution in [0.1, 0.15) is 44.1 Å². The Kier molecular flexibility index (Phi) is 3.92. The zero-order valence-corrected chi connectivity index (χ0v) is 12.2. The van der Waals surface area contributed by atoms with Gasteiger partial charge in [0.1, 0.15) is 5.82 Å². The number of nitrogens with one attached hydrogen (secondary N) is 1. The van der Waals surface area contributed by atoms with Gasteiger partial charge in [-0.3, -0.25) is 0 Å². The molecule has 1 aliphatic heterocycles. The number of aromatic amines is 1. The molecule has 3 rings (SSSR count). The number of aromatic nitrogens is 2. The number of nitrogens with zero attached hydrogens (tertiary/aromatic N) is 2. The van der Waals surface area contributed by atoms with Crippen molar-refractivity contribution in [2.75, 3.05) is 25.4 Å². The van der Waals surface area contributed by atoms with Gasteiger partial charge in [-0.15, -0.1) is 0 Å². The number of pyridine rings is 1. The summed E-state index contributed by atoms with van der Waals surface area (Å²) in [6.07, 6.45) is 7.19. The first-order valence-electron chi connectivity index (χ1n) is 7.73. The Morgan fingerprint density at radius 3 is 2.90 bits per heavy atom. The quantitative estimate of drug-likeness (QED) is 0.899.